The predicted molar refractivity (Wildman–Crippen MR) is 68.7 cm³/mol. The summed E-state index contributed by atoms with van der Waals surface area (Å²) in [5.41, 5.74) is 1.37. The lowest BCUT2D eigenvalue weighted by Crippen LogP contribution is -3.00. The van der Waals surface area contributed by atoms with E-state index < -0.39 is 0 Å². The smallest absolute Gasteiger partial charge is 0.104 e. The van der Waals surface area contributed by atoms with Gasteiger partial charge in [-0.3, -0.25) is 0 Å². The molecule has 0 heterocycles. The van der Waals surface area contributed by atoms with Gasteiger partial charge in [-0.15, -0.1) is 11.6 Å². The monoisotopic (exact) mass is 277 g/mol. The van der Waals surface area contributed by atoms with Gasteiger partial charge in [0.05, 0.1) is 27.3 Å². The number of ether oxygens (including phenoxy) is 1. The maximum atomic E-state index is 5.55. The zero-order chi connectivity index (χ0) is 11.9. The van der Waals surface area contributed by atoms with Gasteiger partial charge in [-0.25, -0.2) is 0 Å². The van der Waals surface area contributed by atoms with Crippen LogP contribution in [-0.4, -0.2) is 44.2 Å². The minimum atomic E-state index is 0. The number of hydrogen-bond donors (Lipinski definition) is 0. The van der Waals surface area contributed by atoms with Crippen LogP contribution in [0.25, 0.3) is 0 Å². The Morgan fingerprint density at radius 1 is 1.12 bits per heavy atom. The number of nitrogens with zero attached hydrogens (tertiary/aromatic N) is 1. The zero-order valence-electron chi connectivity index (χ0n) is 10.5. The Morgan fingerprint density at radius 2 is 1.76 bits per heavy atom. The fraction of sp³-hybridized carbons (Fsp3) is 0.538. The topological polar surface area (TPSA) is 9.23 Å². The van der Waals surface area contributed by atoms with Gasteiger partial charge in [-0.05, 0) is 0 Å². The van der Waals surface area contributed by atoms with Crippen molar-refractivity contribution in [2.75, 3.05) is 39.7 Å². The molecule has 0 saturated carbocycles. The molecule has 0 atom stereocenters. The molecule has 0 radical (unpaired) electrons. The Labute approximate surface area is 116 Å². The van der Waals surface area contributed by atoms with Gasteiger partial charge in [0.1, 0.15) is 13.1 Å². The van der Waals surface area contributed by atoms with E-state index in [0.717, 1.165) is 24.2 Å². The second kappa shape index (κ2) is 8.76. The van der Waals surface area contributed by atoms with Gasteiger partial charge >= 0.3 is 0 Å². The summed E-state index contributed by atoms with van der Waals surface area (Å²) < 4.78 is 6.35. The molecular formula is C13H21Cl2NO. The molecule has 0 bridgehead atoms. The van der Waals surface area contributed by atoms with Crippen LogP contribution in [0, 0.1) is 0 Å². The molecule has 0 aromatic heterocycles. The molecule has 1 rings (SSSR count). The number of quaternary nitrogens is 1. The highest BCUT2D eigenvalue weighted by Crippen LogP contribution is 2.08. The molecule has 0 spiro atoms. The first-order chi connectivity index (χ1) is 7.64. The van der Waals surface area contributed by atoms with Gasteiger partial charge in [0, 0.05) is 11.4 Å². The molecule has 1 aromatic carbocycles. The third-order valence-corrected chi connectivity index (χ3v) is 2.67. The first kappa shape index (κ1) is 16.7. The average Bonchev–Trinajstić information content (AvgIpc) is 2.25. The molecule has 0 saturated heterocycles. The number of hydrogen-bond acceptors (Lipinski definition) is 1. The molecule has 0 aliphatic carbocycles. The molecule has 98 valence electrons. The van der Waals surface area contributed by atoms with Crippen LogP contribution in [0.4, 0.5) is 0 Å². The lowest BCUT2D eigenvalue weighted by Gasteiger charge is -2.29. The molecule has 1 aromatic rings. The lowest BCUT2D eigenvalue weighted by atomic mass is 10.2. The van der Waals surface area contributed by atoms with E-state index in [0.29, 0.717) is 12.5 Å². The van der Waals surface area contributed by atoms with Crippen LogP contribution in [0.15, 0.2) is 30.3 Å². The highest BCUT2D eigenvalue weighted by molar-refractivity contribution is 6.17. The van der Waals surface area contributed by atoms with Gasteiger partial charge < -0.3 is 21.6 Å². The van der Waals surface area contributed by atoms with E-state index in [-0.39, 0.29) is 12.4 Å². The molecule has 0 amide bonds. The van der Waals surface area contributed by atoms with Crippen LogP contribution >= 0.6 is 11.6 Å². The van der Waals surface area contributed by atoms with Crippen LogP contribution < -0.4 is 12.4 Å². The molecule has 0 aliphatic rings. The summed E-state index contributed by atoms with van der Waals surface area (Å²) in [5, 5.41) is 0. The van der Waals surface area contributed by atoms with Crippen molar-refractivity contribution in [3.8, 4) is 0 Å². The fourth-order valence-corrected chi connectivity index (χ4v) is 1.73. The number of benzene rings is 1. The van der Waals surface area contributed by atoms with Crippen LogP contribution in [0.1, 0.15) is 5.56 Å². The quantitative estimate of drug-likeness (QED) is 0.372. The van der Waals surface area contributed by atoms with E-state index in [4.69, 9.17) is 16.3 Å². The van der Waals surface area contributed by atoms with Crippen LogP contribution in [0.5, 0.6) is 0 Å². The molecule has 0 N–H and O–H groups in total. The second-order valence-electron chi connectivity index (χ2n) is 4.60. The Bertz CT molecular complexity index is 291. The largest absolute Gasteiger partial charge is 1.00 e. The summed E-state index contributed by atoms with van der Waals surface area (Å²) in [5.74, 6) is 0.576. The highest BCUT2D eigenvalue weighted by Gasteiger charge is 2.15. The van der Waals surface area contributed by atoms with Crippen molar-refractivity contribution < 1.29 is 21.6 Å². The van der Waals surface area contributed by atoms with Crippen LogP contribution in [-0.2, 0) is 11.3 Å². The minimum absolute atomic E-state index is 0. The van der Waals surface area contributed by atoms with Gasteiger partial charge in [0.2, 0.25) is 0 Å². The second-order valence-corrected chi connectivity index (χ2v) is 4.98. The number of rotatable bonds is 7. The Kier molecular flexibility index (Phi) is 8.61. The van der Waals surface area contributed by atoms with Gasteiger partial charge in [0.25, 0.3) is 0 Å². The van der Waals surface area contributed by atoms with Crippen molar-refractivity contribution in [1.29, 1.82) is 0 Å². The van der Waals surface area contributed by atoms with E-state index in [1.807, 2.05) is 6.07 Å². The number of likely N-dealkylation sites (N-methyl/N-ethyl adjacent to an activating group) is 1. The SMILES string of the molecule is C[N+](C)(CCOCCCl)Cc1ccccc1.[Cl-]. The average molecular weight is 278 g/mol. The summed E-state index contributed by atoms with van der Waals surface area (Å²) in [4.78, 5) is 0. The Balaban J connectivity index is 0.00000256. The van der Waals surface area contributed by atoms with E-state index in [1.165, 1.54) is 5.56 Å². The molecule has 4 heteroatoms. The summed E-state index contributed by atoms with van der Waals surface area (Å²) in [7, 11) is 4.44. The predicted octanol–water partition coefficient (Wildman–Crippen LogP) is -0.478. The normalized spacial score (nSPS) is 11.0. The fourth-order valence-electron chi connectivity index (χ4n) is 1.63. The summed E-state index contributed by atoms with van der Waals surface area (Å²) in [6.07, 6.45) is 0. The third-order valence-electron chi connectivity index (χ3n) is 2.52. The molecule has 0 aliphatic heterocycles. The van der Waals surface area contributed by atoms with Gasteiger partial charge in [-0.2, -0.15) is 0 Å². The maximum Gasteiger partial charge on any atom is 0.104 e. The van der Waals surface area contributed by atoms with Crippen LogP contribution in [0.2, 0.25) is 0 Å². The number of alkyl halides is 1. The highest BCUT2D eigenvalue weighted by atomic mass is 35.5. The summed E-state index contributed by atoms with van der Waals surface area (Å²) in [6, 6.07) is 10.5. The minimum Gasteiger partial charge on any atom is -1.00 e. The summed E-state index contributed by atoms with van der Waals surface area (Å²) in [6.45, 7) is 3.45. The molecule has 17 heavy (non-hydrogen) atoms. The van der Waals surface area contributed by atoms with E-state index in [1.54, 1.807) is 0 Å². The molecule has 2 nitrogen and oxygen atoms in total. The van der Waals surface area contributed by atoms with E-state index >= 15 is 0 Å². The van der Waals surface area contributed by atoms with Gasteiger partial charge in [-0.1, -0.05) is 30.3 Å². The van der Waals surface area contributed by atoms with E-state index in [2.05, 4.69) is 38.4 Å². The Hall–Kier alpha value is -0.280. The third kappa shape index (κ3) is 7.61. The van der Waals surface area contributed by atoms with Crippen molar-refractivity contribution in [3.05, 3.63) is 35.9 Å². The van der Waals surface area contributed by atoms with Crippen molar-refractivity contribution in [1.82, 2.24) is 0 Å². The first-order valence-corrected chi connectivity index (χ1v) is 6.17. The zero-order valence-corrected chi connectivity index (χ0v) is 12.0. The maximum absolute atomic E-state index is 5.55. The standard InChI is InChI=1S/C13H21ClNO.ClH/c1-15(2,9-11-16-10-8-14)12-13-6-4-3-5-7-13;/h3-7H,8-12H2,1-2H3;1H/q+1;/p-1. The summed E-state index contributed by atoms with van der Waals surface area (Å²) >= 11 is 5.55. The van der Waals surface area contributed by atoms with Crippen molar-refractivity contribution in [2.45, 2.75) is 6.54 Å². The van der Waals surface area contributed by atoms with E-state index in [9.17, 15) is 0 Å². The molecular weight excluding hydrogens is 257 g/mol. The first-order valence-electron chi connectivity index (χ1n) is 5.64. The van der Waals surface area contributed by atoms with Crippen molar-refractivity contribution >= 4 is 11.6 Å². The van der Waals surface area contributed by atoms with Gasteiger partial charge in [0.15, 0.2) is 0 Å². The van der Waals surface area contributed by atoms with Crippen molar-refractivity contribution in [2.24, 2.45) is 0 Å². The number of halogens is 2. The molecule has 0 unspecified atom stereocenters. The lowest BCUT2D eigenvalue weighted by molar-refractivity contribution is -0.904. The van der Waals surface area contributed by atoms with Crippen molar-refractivity contribution in [3.63, 3.8) is 0 Å². The Morgan fingerprint density at radius 3 is 2.35 bits per heavy atom. The molecule has 0 fully saturated rings. The van der Waals surface area contributed by atoms with Crippen LogP contribution in [0.3, 0.4) is 0 Å².